The highest BCUT2D eigenvalue weighted by molar-refractivity contribution is 7.13. The Kier molecular flexibility index (Phi) is 7.02. The van der Waals surface area contributed by atoms with Crippen molar-refractivity contribution < 1.29 is 9.47 Å². The van der Waals surface area contributed by atoms with E-state index < -0.39 is 0 Å². The molecule has 1 heterocycles. The molecule has 0 aliphatic carbocycles. The Morgan fingerprint density at radius 1 is 0.839 bits per heavy atom. The molecule has 0 radical (unpaired) electrons. The van der Waals surface area contributed by atoms with E-state index in [1.54, 1.807) is 14.2 Å². The van der Waals surface area contributed by atoms with Gasteiger partial charge in [-0.15, -0.1) is 0 Å². The SMILES string of the molecule is COc1ccc(-c2ccc(CNCCCNc3nsc4cccc(OC)c34)cc2)cc1. The third-order valence-electron chi connectivity index (χ3n) is 5.21. The molecule has 2 N–H and O–H groups in total. The molecule has 31 heavy (non-hydrogen) atoms. The molecule has 0 aliphatic heterocycles. The summed E-state index contributed by atoms with van der Waals surface area (Å²) >= 11 is 1.50. The van der Waals surface area contributed by atoms with Crippen molar-refractivity contribution in [3.8, 4) is 22.6 Å². The number of fused-ring (bicyclic) bond motifs is 1. The smallest absolute Gasteiger partial charge is 0.151 e. The number of methoxy groups -OCH3 is 2. The molecular formula is C25H27N3O2S. The molecule has 0 bridgehead atoms. The molecule has 0 aliphatic rings. The summed E-state index contributed by atoms with van der Waals surface area (Å²) in [7, 11) is 3.38. The Hall–Kier alpha value is -3.09. The summed E-state index contributed by atoms with van der Waals surface area (Å²) in [5, 5.41) is 8.03. The highest BCUT2D eigenvalue weighted by Gasteiger charge is 2.10. The van der Waals surface area contributed by atoms with Crippen LogP contribution in [0.5, 0.6) is 11.5 Å². The van der Waals surface area contributed by atoms with Gasteiger partial charge in [0.15, 0.2) is 5.82 Å². The average molecular weight is 434 g/mol. The molecule has 160 valence electrons. The lowest BCUT2D eigenvalue weighted by atomic mass is 10.0. The third-order valence-corrected chi connectivity index (χ3v) is 6.02. The van der Waals surface area contributed by atoms with Gasteiger partial charge in [0.25, 0.3) is 0 Å². The second kappa shape index (κ2) is 10.3. The molecule has 4 rings (SSSR count). The van der Waals surface area contributed by atoms with E-state index in [2.05, 4.69) is 57.5 Å². The van der Waals surface area contributed by atoms with Crippen LogP contribution in [0, 0.1) is 0 Å². The lowest BCUT2D eigenvalue weighted by Gasteiger charge is -2.08. The van der Waals surface area contributed by atoms with E-state index in [0.717, 1.165) is 53.5 Å². The minimum Gasteiger partial charge on any atom is -0.497 e. The summed E-state index contributed by atoms with van der Waals surface area (Å²) in [5.41, 5.74) is 3.68. The third kappa shape index (κ3) is 5.16. The lowest BCUT2D eigenvalue weighted by molar-refractivity contribution is 0.415. The molecule has 0 saturated heterocycles. The predicted octanol–water partition coefficient (Wildman–Crippen LogP) is 5.57. The minimum absolute atomic E-state index is 0.857. The summed E-state index contributed by atoms with van der Waals surface area (Å²) in [6, 6.07) is 22.9. The summed E-state index contributed by atoms with van der Waals surface area (Å²) in [6.45, 7) is 2.66. The van der Waals surface area contributed by atoms with Crippen LogP contribution in [-0.2, 0) is 6.54 Å². The molecule has 3 aromatic carbocycles. The summed E-state index contributed by atoms with van der Waals surface area (Å²) in [5.74, 6) is 2.65. The first-order valence-electron chi connectivity index (χ1n) is 10.4. The standard InChI is InChI=1S/C25H27N3O2S/c1-29-21-13-11-20(12-14-21)19-9-7-18(8-10-19)17-26-15-4-16-27-25-24-22(30-2)5-3-6-23(24)31-28-25/h3,5-14,26H,4,15-17H2,1-2H3,(H,27,28). The molecule has 0 atom stereocenters. The Balaban J connectivity index is 1.21. The number of aromatic nitrogens is 1. The average Bonchev–Trinajstić information content (AvgIpc) is 3.25. The molecule has 6 heteroatoms. The zero-order valence-corrected chi connectivity index (χ0v) is 18.7. The molecule has 4 aromatic rings. The van der Waals surface area contributed by atoms with Crippen LogP contribution in [0.4, 0.5) is 5.82 Å². The van der Waals surface area contributed by atoms with E-state index in [4.69, 9.17) is 9.47 Å². The number of benzene rings is 3. The number of hydrogen-bond acceptors (Lipinski definition) is 6. The monoisotopic (exact) mass is 433 g/mol. The van der Waals surface area contributed by atoms with Crippen molar-refractivity contribution >= 4 is 27.4 Å². The van der Waals surface area contributed by atoms with Crippen molar-refractivity contribution in [2.75, 3.05) is 32.6 Å². The van der Waals surface area contributed by atoms with E-state index >= 15 is 0 Å². The normalized spacial score (nSPS) is 10.9. The first-order valence-corrected chi connectivity index (χ1v) is 11.2. The van der Waals surface area contributed by atoms with Crippen LogP contribution in [0.2, 0.25) is 0 Å². The second-order valence-electron chi connectivity index (χ2n) is 7.25. The number of nitrogens with zero attached hydrogens (tertiary/aromatic N) is 1. The van der Waals surface area contributed by atoms with Crippen LogP contribution >= 0.6 is 11.5 Å². The first-order chi connectivity index (χ1) is 15.3. The second-order valence-corrected chi connectivity index (χ2v) is 8.05. The topological polar surface area (TPSA) is 55.4 Å². The maximum atomic E-state index is 5.48. The van der Waals surface area contributed by atoms with Gasteiger partial charge in [-0.3, -0.25) is 0 Å². The van der Waals surface area contributed by atoms with Crippen LogP contribution < -0.4 is 20.1 Å². The quantitative estimate of drug-likeness (QED) is 0.320. The Bertz CT molecular complexity index is 1110. The van der Waals surface area contributed by atoms with Crippen molar-refractivity contribution in [2.24, 2.45) is 0 Å². The molecule has 0 unspecified atom stereocenters. The molecule has 0 amide bonds. The van der Waals surface area contributed by atoms with Gasteiger partial charge in [-0.1, -0.05) is 42.5 Å². The van der Waals surface area contributed by atoms with Gasteiger partial charge in [0.1, 0.15) is 11.5 Å². The first kappa shape index (κ1) is 21.2. The fourth-order valence-corrected chi connectivity index (χ4v) is 4.28. The molecule has 1 aromatic heterocycles. The van der Waals surface area contributed by atoms with Gasteiger partial charge in [0.05, 0.1) is 24.3 Å². The van der Waals surface area contributed by atoms with Crippen LogP contribution in [0.1, 0.15) is 12.0 Å². The number of rotatable bonds is 10. The van der Waals surface area contributed by atoms with Crippen LogP contribution in [0.3, 0.4) is 0 Å². The van der Waals surface area contributed by atoms with Crippen molar-refractivity contribution in [1.29, 1.82) is 0 Å². The number of anilines is 1. The van der Waals surface area contributed by atoms with Gasteiger partial charge in [0.2, 0.25) is 0 Å². The summed E-state index contributed by atoms with van der Waals surface area (Å²) < 4.78 is 16.4. The van der Waals surface area contributed by atoms with Crippen molar-refractivity contribution in [1.82, 2.24) is 9.69 Å². The zero-order valence-electron chi connectivity index (χ0n) is 17.9. The summed E-state index contributed by atoms with van der Waals surface area (Å²) in [4.78, 5) is 0. The van der Waals surface area contributed by atoms with E-state index in [9.17, 15) is 0 Å². The van der Waals surface area contributed by atoms with Crippen molar-refractivity contribution in [2.45, 2.75) is 13.0 Å². The lowest BCUT2D eigenvalue weighted by Crippen LogP contribution is -2.17. The maximum absolute atomic E-state index is 5.48. The largest absolute Gasteiger partial charge is 0.497 e. The Morgan fingerprint density at radius 2 is 1.58 bits per heavy atom. The van der Waals surface area contributed by atoms with E-state index in [0.29, 0.717) is 0 Å². The van der Waals surface area contributed by atoms with E-state index in [1.165, 1.54) is 28.2 Å². The van der Waals surface area contributed by atoms with Gasteiger partial charge < -0.3 is 20.1 Å². The van der Waals surface area contributed by atoms with Gasteiger partial charge in [0, 0.05) is 13.1 Å². The molecule has 0 fully saturated rings. The Labute approximate surface area is 187 Å². The fourth-order valence-electron chi connectivity index (χ4n) is 3.50. The molecule has 0 spiro atoms. The maximum Gasteiger partial charge on any atom is 0.151 e. The predicted molar refractivity (Wildman–Crippen MR) is 129 cm³/mol. The highest BCUT2D eigenvalue weighted by Crippen LogP contribution is 2.34. The molecular weight excluding hydrogens is 406 g/mol. The number of hydrogen-bond donors (Lipinski definition) is 2. The van der Waals surface area contributed by atoms with Gasteiger partial charge in [-0.05, 0) is 65.5 Å². The van der Waals surface area contributed by atoms with Crippen molar-refractivity contribution in [3.05, 3.63) is 72.3 Å². The van der Waals surface area contributed by atoms with Gasteiger partial charge in [-0.2, -0.15) is 4.37 Å². The van der Waals surface area contributed by atoms with Crippen LogP contribution in [-0.4, -0.2) is 31.7 Å². The molecule has 0 saturated carbocycles. The van der Waals surface area contributed by atoms with Gasteiger partial charge in [-0.25, -0.2) is 0 Å². The molecule has 5 nitrogen and oxygen atoms in total. The highest BCUT2D eigenvalue weighted by atomic mass is 32.1. The number of ether oxygens (including phenoxy) is 2. The van der Waals surface area contributed by atoms with E-state index in [1.807, 2.05) is 24.3 Å². The van der Waals surface area contributed by atoms with Crippen LogP contribution in [0.25, 0.3) is 21.2 Å². The summed E-state index contributed by atoms with van der Waals surface area (Å²) in [6.07, 6.45) is 1.01. The fraction of sp³-hybridized carbons (Fsp3) is 0.240. The van der Waals surface area contributed by atoms with Crippen LogP contribution in [0.15, 0.2) is 66.7 Å². The zero-order chi connectivity index (χ0) is 21.5. The van der Waals surface area contributed by atoms with E-state index in [-0.39, 0.29) is 0 Å². The number of nitrogens with one attached hydrogen (secondary N) is 2. The minimum atomic E-state index is 0.857. The Morgan fingerprint density at radius 3 is 2.29 bits per heavy atom. The van der Waals surface area contributed by atoms with Crippen molar-refractivity contribution in [3.63, 3.8) is 0 Å². The van der Waals surface area contributed by atoms with Gasteiger partial charge >= 0.3 is 0 Å².